The maximum atomic E-state index is 14.3. The fourth-order valence-corrected chi connectivity index (χ4v) is 5.72. The average molecular weight is 679 g/mol. The molecule has 0 aliphatic carbocycles. The van der Waals surface area contributed by atoms with E-state index in [9.17, 15) is 45.6 Å². The first-order chi connectivity index (χ1) is 22.5. The van der Waals surface area contributed by atoms with Gasteiger partial charge in [0.25, 0.3) is 0 Å². The van der Waals surface area contributed by atoms with Gasteiger partial charge in [-0.1, -0.05) is 0 Å². The lowest BCUT2D eigenvalue weighted by atomic mass is 9.96. The number of phenols is 2. The molecule has 0 amide bonds. The number of aryl methyl sites for hydroxylation is 1. The van der Waals surface area contributed by atoms with Crippen LogP contribution in [0.25, 0.3) is 22.3 Å². The summed E-state index contributed by atoms with van der Waals surface area (Å²) in [4.78, 5) is 14.3. The predicted molar refractivity (Wildman–Crippen MR) is 167 cm³/mol. The third-order valence-electron chi connectivity index (χ3n) is 8.64. The van der Waals surface area contributed by atoms with E-state index in [-0.39, 0.29) is 40.9 Å². The van der Waals surface area contributed by atoms with Crippen molar-refractivity contribution < 1.29 is 69.0 Å². The molecule has 2 aliphatic heterocycles. The van der Waals surface area contributed by atoms with E-state index in [2.05, 4.69) is 0 Å². The minimum atomic E-state index is -1.78. The van der Waals surface area contributed by atoms with Gasteiger partial charge in [0, 0.05) is 17.2 Å². The molecule has 0 radical (unpaired) electrons. The average Bonchev–Trinajstić information content (AvgIpc) is 3.03. The van der Waals surface area contributed by atoms with Gasteiger partial charge in [-0.15, -0.1) is 0 Å². The van der Waals surface area contributed by atoms with Gasteiger partial charge in [0.15, 0.2) is 18.2 Å². The Labute approximate surface area is 275 Å². The molecule has 3 heterocycles. The Balaban J connectivity index is 1.65. The summed E-state index contributed by atoms with van der Waals surface area (Å²) in [6.45, 7) is 6.02. The van der Waals surface area contributed by atoms with Crippen molar-refractivity contribution in [2.45, 2.75) is 108 Å². The summed E-state index contributed by atoms with van der Waals surface area (Å²) in [6.07, 6.45) is -15.0. The number of benzene rings is 2. The molecule has 5 rings (SSSR count). The molecule has 2 fully saturated rings. The minimum absolute atomic E-state index is 0.0588. The first-order valence-corrected chi connectivity index (χ1v) is 15.5. The molecule has 15 nitrogen and oxygen atoms in total. The molecule has 0 saturated carbocycles. The van der Waals surface area contributed by atoms with Crippen LogP contribution in [0.3, 0.4) is 0 Å². The van der Waals surface area contributed by atoms with Crippen molar-refractivity contribution in [3.8, 4) is 34.3 Å². The van der Waals surface area contributed by atoms with E-state index in [0.717, 1.165) is 6.07 Å². The Morgan fingerprint density at radius 2 is 1.44 bits per heavy atom. The zero-order valence-electron chi connectivity index (χ0n) is 27.0. The van der Waals surface area contributed by atoms with Crippen LogP contribution in [0.15, 0.2) is 39.5 Å². The number of aromatic hydroxyl groups is 2. The molecule has 1 aromatic heterocycles. The maximum absolute atomic E-state index is 14.3. The highest BCUT2D eigenvalue weighted by Gasteiger charge is 2.50. The summed E-state index contributed by atoms with van der Waals surface area (Å²) < 4.78 is 34.8. The summed E-state index contributed by atoms with van der Waals surface area (Å²) in [5.41, 5.74) is -1.78. The van der Waals surface area contributed by atoms with Gasteiger partial charge in [-0.3, -0.25) is 4.79 Å². The normalized spacial score (nSPS) is 31.1. The summed E-state index contributed by atoms with van der Waals surface area (Å²) in [5.74, 6) is -1.21. The standard InChI is InChI=1S/C33H42O15/c1-13-21(36)24(39)26(41)31(44-13)48-30-25(40)22(37)14(2)45-32(30)47-29-23(38)20-19(35)12-18(34)17(10-11-33(3,4)42)28(20)46-27(29)15-6-8-16(43-5)9-7-15/h6-9,12-14,21-22,24-26,30-32,34-37,39-42H,10-11H2,1-5H3. The highest BCUT2D eigenvalue weighted by atomic mass is 16.8. The Hall–Kier alpha value is -3.51. The van der Waals surface area contributed by atoms with Crippen LogP contribution in [-0.2, 0) is 20.6 Å². The number of aliphatic hydroxyl groups is 6. The van der Waals surface area contributed by atoms with Crippen molar-refractivity contribution in [2.75, 3.05) is 7.11 Å². The number of methoxy groups -OCH3 is 1. The lowest BCUT2D eigenvalue weighted by Crippen LogP contribution is -2.63. The van der Waals surface area contributed by atoms with Crippen LogP contribution in [0.2, 0.25) is 0 Å². The van der Waals surface area contributed by atoms with Gasteiger partial charge in [0.1, 0.15) is 58.7 Å². The Kier molecular flexibility index (Phi) is 10.3. The number of hydrogen-bond donors (Lipinski definition) is 8. The van der Waals surface area contributed by atoms with Crippen molar-refractivity contribution in [3.05, 3.63) is 46.1 Å². The van der Waals surface area contributed by atoms with Crippen molar-refractivity contribution in [3.63, 3.8) is 0 Å². The molecule has 2 aromatic carbocycles. The minimum Gasteiger partial charge on any atom is -0.507 e. The number of rotatable bonds is 9. The van der Waals surface area contributed by atoms with Gasteiger partial charge in [0.2, 0.25) is 17.5 Å². The second-order valence-corrected chi connectivity index (χ2v) is 12.8. The SMILES string of the molecule is COc1ccc(-c2oc3c(CCC(C)(C)O)c(O)cc(O)c3c(=O)c2OC2OC(C)C(O)C(O)C2OC2OC(C)C(O)C(O)C2O)cc1. The monoisotopic (exact) mass is 678 g/mol. The van der Waals surface area contributed by atoms with Crippen LogP contribution in [-0.4, -0.2) is 115 Å². The fourth-order valence-electron chi connectivity index (χ4n) is 5.72. The highest BCUT2D eigenvalue weighted by molar-refractivity contribution is 5.91. The van der Waals surface area contributed by atoms with Crippen molar-refractivity contribution in [2.24, 2.45) is 0 Å². The van der Waals surface area contributed by atoms with Crippen molar-refractivity contribution in [1.82, 2.24) is 0 Å². The molecule has 3 aromatic rings. The summed E-state index contributed by atoms with van der Waals surface area (Å²) in [6, 6.07) is 7.28. The van der Waals surface area contributed by atoms with Gasteiger partial charge in [0.05, 0.1) is 24.9 Å². The number of hydrogen-bond acceptors (Lipinski definition) is 15. The summed E-state index contributed by atoms with van der Waals surface area (Å²) in [7, 11) is 1.47. The molecule has 2 aliphatic rings. The zero-order chi connectivity index (χ0) is 35.2. The number of phenolic OH excluding ortho intramolecular Hbond substituents is 2. The topological polar surface area (TPSA) is 238 Å². The largest absolute Gasteiger partial charge is 0.507 e. The molecular formula is C33H42O15. The van der Waals surface area contributed by atoms with E-state index in [1.54, 1.807) is 38.1 Å². The molecule has 48 heavy (non-hydrogen) atoms. The Morgan fingerprint density at radius 3 is 2.04 bits per heavy atom. The first kappa shape index (κ1) is 35.8. The molecule has 10 atom stereocenters. The van der Waals surface area contributed by atoms with Gasteiger partial charge >= 0.3 is 0 Å². The second kappa shape index (κ2) is 13.8. The Morgan fingerprint density at radius 1 is 0.833 bits per heavy atom. The van der Waals surface area contributed by atoms with E-state index in [1.807, 2.05) is 0 Å². The Bertz CT molecular complexity index is 1650. The summed E-state index contributed by atoms with van der Waals surface area (Å²) >= 11 is 0. The third-order valence-corrected chi connectivity index (χ3v) is 8.64. The lowest BCUT2D eigenvalue weighted by Gasteiger charge is -2.45. The molecule has 264 valence electrons. The quantitative estimate of drug-likeness (QED) is 0.155. The van der Waals surface area contributed by atoms with Crippen LogP contribution < -0.4 is 14.9 Å². The van der Waals surface area contributed by atoms with E-state index < -0.39 is 83.9 Å². The second-order valence-electron chi connectivity index (χ2n) is 12.8. The molecule has 10 unspecified atom stereocenters. The molecule has 0 bridgehead atoms. The van der Waals surface area contributed by atoms with Gasteiger partial charge < -0.3 is 69.0 Å². The van der Waals surface area contributed by atoms with Crippen LogP contribution in [0.5, 0.6) is 23.0 Å². The van der Waals surface area contributed by atoms with Crippen molar-refractivity contribution in [1.29, 1.82) is 0 Å². The first-order valence-electron chi connectivity index (χ1n) is 15.5. The predicted octanol–water partition coefficient (Wildman–Crippen LogP) is 0.641. The smallest absolute Gasteiger partial charge is 0.239 e. The van der Waals surface area contributed by atoms with Gasteiger partial charge in [-0.2, -0.15) is 0 Å². The van der Waals surface area contributed by atoms with Gasteiger partial charge in [-0.05, 0) is 64.8 Å². The van der Waals surface area contributed by atoms with Gasteiger partial charge in [-0.25, -0.2) is 0 Å². The van der Waals surface area contributed by atoms with E-state index in [0.29, 0.717) is 11.3 Å². The van der Waals surface area contributed by atoms with Crippen LogP contribution in [0.1, 0.15) is 39.7 Å². The zero-order valence-corrected chi connectivity index (χ0v) is 27.0. The van der Waals surface area contributed by atoms with E-state index in [4.69, 9.17) is 28.1 Å². The lowest BCUT2D eigenvalue weighted by molar-refractivity contribution is -0.352. The van der Waals surface area contributed by atoms with E-state index in [1.165, 1.54) is 21.0 Å². The highest BCUT2D eigenvalue weighted by Crippen LogP contribution is 2.41. The van der Waals surface area contributed by atoms with Crippen LogP contribution in [0.4, 0.5) is 0 Å². The number of fused-ring (bicyclic) bond motifs is 1. The molecule has 15 heteroatoms. The maximum Gasteiger partial charge on any atom is 0.239 e. The van der Waals surface area contributed by atoms with E-state index >= 15 is 0 Å². The molecular weight excluding hydrogens is 636 g/mol. The summed E-state index contributed by atoms with van der Waals surface area (Å²) in [5, 5.41) is 84.4. The van der Waals surface area contributed by atoms with Crippen molar-refractivity contribution >= 4 is 11.0 Å². The molecule has 2 saturated heterocycles. The fraction of sp³-hybridized carbons (Fsp3) is 0.545. The molecule has 0 spiro atoms. The van der Waals surface area contributed by atoms with Crippen LogP contribution in [0, 0.1) is 0 Å². The molecule has 8 N–H and O–H groups in total. The number of ether oxygens (including phenoxy) is 5. The number of aliphatic hydroxyl groups excluding tert-OH is 5. The third kappa shape index (κ3) is 6.96. The van der Waals surface area contributed by atoms with Crippen LogP contribution >= 0.6 is 0 Å².